The Morgan fingerprint density at radius 1 is 1.06 bits per heavy atom. The maximum atomic E-state index is 12.4. The number of nitrogens with zero attached hydrogens (tertiary/aromatic N) is 5. The lowest BCUT2D eigenvalue weighted by atomic mass is 10.1. The first kappa shape index (κ1) is 24.4. The summed E-state index contributed by atoms with van der Waals surface area (Å²) in [6.45, 7) is 11.7. The highest BCUT2D eigenvalue weighted by molar-refractivity contribution is 5.76. The number of rotatable bonds is 11. The second kappa shape index (κ2) is 11.1. The molecule has 0 unspecified atom stereocenters. The molecule has 0 saturated heterocycles. The van der Waals surface area contributed by atoms with E-state index in [1.54, 1.807) is 24.8 Å². The van der Waals surface area contributed by atoms with Gasteiger partial charge in [0.25, 0.3) is 5.78 Å². The van der Waals surface area contributed by atoms with Gasteiger partial charge in [0.05, 0.1) is 14.2 Å². The SMILES string of the molecule is CCN(CC)CCNC(=O)CCc1c(C)nc2nc(-c3cc(OC)cc(OC)c3)nn2c1C. The fraction of sp³-hybridized carbons (Fsp3) is 0.500. The molecular weight excluding hydrogens is 420 g/mol. The highest BCUT2D eigenvalue weighted by Gasteiger charge is 2.16. The molecule has 0 atom stereocenters. The van der Waals surface area contributed by atoms with Crippen LogP contribution >= 0.6 is 0 Å². The Morgan fingerprint density at radius 2 is 1.73 bits per heavy atom. The van der Waals surface area contributed by atoms with Gasteiger partial charge in [-0.15, -0.1) is 5.10 Å². The van der Waals surface area contributed by atoms with Crippen molar-refractivity contribution < 1.29 is 14.3 Å². The zero-order valence-electron chi connectivity index (χ0n) is 20.4. The van der Waals surface area contributed by atoms with Crippen molar-refractivity contribution in [1.82, 2.24) is 29.8 Å². The Bertz CT molecular complexity index is 1090. The van der Waals surface area contributed by atoms with Gasteiger partial charge < -0.3 is 19.7 Å². The van der Waals surface area contributed by atoms with Crippen LogP contribution in [0.1, 0.15) is 37.2 Å². The number of methoxy groups -OCH3 is 2. The molecule has 9 nitrogen and oxygen atoms in total. The minimum Gasteiger partial charge on any atom is -0.497 e. The van der Waals surface area contributed by atoms with Crippen molar-refractivity contribution in [3.05, 3.63) is 35.2 Å². The van der Waals surface area contributed by atoms with Crippen LogP contribution in [0.15, 0.2) is 18.2 Å². The zero-order valence-corrected chi connectivity index (χ0v) is 20.4. The van der Waals surface area contributed by atoms with Crippen molar-refractivity contribution in [2.45, 2.75) is 40.5 Å². The van der Waals surface area contributed by atoms with Crippen LogP contribution in [0.5, 0.6) is 11.5 Å². The normalized spacial score (nSPS) is 11.2. The summed E-state index contributed by atoms with van der Waals surface area (Å²) in [5.41, 5.74) is 3.59. The number of nitrogens with one attached hydrogen (secondary N) is 1. The summed E-state index contributed by atoms with van der Waals surface area (Å²) in [5, 5.41) is 7.69. The molecule has 33 heavy (non-hydrogen) atoms. The lowest BCUT2D eigenvalue weighted by molar-refractivity contribution is -0.121. The van der Waals surface area contributed by atoms with E-state index in [1.165, 1.54) is 0 Å². The molecule has 0 spiro atoms. The molecule has 0 saturated carbocycles. The number of aromatic nitrogens is 4. The monoisotopic (exact) mass is 454 g/mol. The average Bonchev–Trinajstić information content (AvgIpc) is 3.25. The third-order valence-electron chi connectivity index (χ3n) is 5.91. The van der Waals surface area contributed by atoms with E-state index in [0.29, 0.717) is 42.5 Å². The molecule has 3 rings (SSSR count). The van der Waals surface area contributed by atoms with Crippen LogP contribution in [-0.2, 0) is 11.2 Å². The van der Waals surface area contributed by atoms with E-state index in [0.717, 1.165) is 42.1 Å². The quantitative estimate of drug-likeness (QED) is 0.476. The molecule has 3 aromatic rings. The van der Waals surface area contributed by atoms with Gasteiger partial charge in [0.15, 0.2) is 5.82 Å². The highest BCUT2D eigenvalue weighted by Crippen LogP contribution is 2.28. The van der Waals surface area contributed by atoms with E-state index in [9.17, 15) is 4.79 Å². The van der Waals surface area contributed by atoms with E-state index >= 15 is 0 Å². The molecule has 1 amide bonds. The third kappa shape index (κ3) is 5.78. The van der Waals surface area contributed by atoms with Crippen LogP contribution in [0.25, 0.3) is 17.2 Å². The van der Waals surface area contributed by atoms with Crippen LogP contribution in [-0.4, -0.2) is 70.8 Å². The number of fused-ring (bicyclic) bond motifs is 1. The predicted octanol–water partition coefficient (Wildman–Crippen LogP) is 2.82. The smallest absolute Gasteiger partial charge is 0.253 e. The second-order valence-corrected chi connectivity index (χ2v) is 7.89. The van der Waals surface area contributed by atoms with Crippen molar-refractivity contribution in [3.63, 3.8) is 0 Å². The molecule has 0 fully saturated rings. The Morgan fingerprint density at radius 3 is 2.33 bits per heavy atom. The number of hydrogen-bond donors (Lipinski definition) is 1. The maximum Gasteiger partial charge on any atom is 0.253 e. The Hall–Kier alpha value is -3.20. The first-order chi connectivity index (χ1) is 15.9. The number of hydrogen-bond acceptors (Lipinski definition) is 7. The van der Waals surface area contributed by atoms with E-state index < -0.39 is 0 Å². The largest absolute Gasteiger partial charge is 0.497 e. The molecule has 0 bridgehead atoms. The van der Waals surface area contributed by atoms with Gasteiger partial charge in [-0.2, -0.15) is 4.98 Å². The van der Waals surface area contributed by atoms with Crippen molar-refractivity contribution in [2.75, 3.05) is 40.4 Å². The van der Waals surface area contributed by atoms with Crippen molar-refractivity contribution >= 4 is 11.7 Å². The van der Waals surface area contributed by atoms with E-state index in [2.05, 4.69) is 39.1 Å². The van der Waals surface area contributed by atoms with Crippen LogP contribution in [0.2, 0.25) is 0 Å². The second-order valence-electron chi connectivity index (χ2n) is 7.89. The number of carbonyl (C=O) groups is 1. The summed E-state index contributed by atoms with van der Waals surface area (Å²) in [7, 11) is 3.22. The first-order valence-electron chi connectivity index (χ1n) is 11.3. The Balaban J connectivity index is 1.77. The molecular formula is C24H34N6O3. The molecule has 0 aliphatic carbocycles. The van der Waals surface area contributed by atoms with Gasteiger partial charge in [0, 0.05) is 42.5 Å². The number of amides is 1. The molecule has 0 radical (unpaired) electrons. The van der Waals surface area contributed by atoms with E-state index in [4.69, 9.17) is 9.47 Å². The van der Waals surface area contributed by atoms with Crippen LogP contribution in [0.4, 0.5) is 0 Å². The lowest BCUT2D eigenvalue weighted by Gasteiger charge is -2.18. The highest BCUT2D eigenvalue weighted by atomic mass is 16.5. The third-order valence-corrected chi connectivity index (χ3v) is 5.91. The van der Waals surface area contributed by atoms with Gasteiger partial charge in [-0.3, -0.25) is 4.79 Å². The molecule has 2 aromatic heterocycles. The lowest BCUT2D eigenvalue weighted by Crippen LogP contribution is -2.34. The van der Waals surface area contributed by atoms with Crippen molar-refractivity contribution in [3.8, 4) is 22.9 Å². The van der Waals surface area contributed by atoms with Gasteiger partial charge in [0.1, 0.15) is 11.5 Å². The molecule has 0 aliphatic rings. The molecule has 1 aromatic carbocycles. The van der Waals surface area contributed by atoms with E-state index in [1.807, 2.05) is 26.0 Å². The molecule has 1 N–H and O–H groups in total. The number of benzene rings is 1. The predicted molar refractivity (Wildman–Crippen MR) is 128 cm³/mol. The molecule has 178 valence electrons. The summed E-state index contributed by atoms with van der Waals surface area (Å²) < 4.78 is 12.5. The topological polar surface area (TPSA) is 93.9 Å². The summed E-state index contributed by atoms with van der Waals surface area (Å²) in [4.78, 5) is 23.9. The number of aryl methyl sites for hydroxylation is 2. The van der Waals surface area contributed by atoms with Gasteiger partial charge >= 0.3 is 0 Å². The Kier molecular flexibility index (Phi) is 8.21. The molecule has 2 heterocycles. The van der Waals surface area contributed by atoms with Gasteiger partial charge in [-0.25, -0.2) is 9.50 Å². The first-order valence-corrected chi connectivity index (χ1v) is 11.3. The standard InChI is InChI=1S/C24H34N6O3/c1-7-29(8-2)12-11-25-22(31)10-9-21-16(3)26-24-27-23(28-30(24)17(21)4)18-13-19(32-5)15-20(14-18)33-6/h13-15H,7-12H2,1-6H3,(H,25,31). The zero-order chi connectivity index (χ0) is 24.0. The molecule has 9 heteroatoms. The minimum absolute atomic E-state index is 0.0452. The summed E-state index contributed by atoms with van der Waals surface area (Å²) >= 11 is 0. The number of likely N-dealkylation sites (N-methyl/N-ethyl adjacent to an activating group) is 1. The van der Waals surface area contributed by atoms with Gasteiger partial charge in [-0.05, 0) is 51.1 Å². The van der Waals surface area contributed by atoms with Crippen LogP contribution in [0.3, 0.4) is 0 Å². The van der Waals surface area contributed by atoms with Gasteiger partial charge in [0.2, 0.25) is 5.91 Å². The number of carbonyl (C=O) groups excluding carboxylic acids is 1. The maximum absolute atomic E-state index is 12.4. The van der Waals surface area contributed by atoms with Gasteiger partial charge in [-0.1, -0.05) is 13.8 Å². The summed E-state index contributed by atoms with van der Waals surface area (Å²) in [6.07, 6.45) is 1.00. The van der Waals surface area contributed by atoms with E-state index in [-0.39, 0.29) is 5.91 Å². The van der Waals surface area contributed by atoms with Crippen molar-refractivity contribution in [2.24, 2.45) is 0 Å². The fourth-order valence-electron chi connectivity index (χ4n) is 3.85. The minimum atomic E-state index is 0.0452. The number of ether oxygens (including phenoxy) is 2. The fourth-order valence-corrected chi connectivity index (χ4v) is 3.85. The van der Waals surface area contributed by atoms with Crippen molar-refractivity contribution in [1.29, 1.82) is 0 Å². The van der Waals surface area contributed by atoms with Crippen LogP contribution in [0, 0.1) is 13.8 Å². The van der Waals surface area contributed by atoms with Crippen LogP contribution < -0.4 is 14.8 Å². The summed E-state index contributed by atoms with van der Waals surface area (Å²) in [5.74, 6) is 2.43. The summed E-state index contributed by atoms with van der Waals surface area (Å²) in [6, 6.07) is 5.53. The Labute approximate surface area is 195 Å². The average molecular weight is 455 g/mol. The molecule has 0 aliphatic heterocycles.